The number of β-amino-alcohol motifs (C(OH)–C–C–N with tert-alkyl or cyclic N) is 1. The van der Waals surface area contributed by atoms with E-state index in [1.807, 2.05) is 0 Å². The van der Waals surface area contributed by atoms with E-state index >= 15 is 0 Å². The zero-order chi connectivity index (χ0) is 16.2. The van der Waals surface area contributed by atoms with Gasteiger partial charge >= 0.3 is 0 Å². The Labute approximate surface area is 137 Å². The molecular weight excluding hydrogens is 290 g/mol. The minimum atomic E-state index is -0.326. The van der Waals surface area contributed by atoms with Crippen molar-refractivity contribution in [3.63, 3.8) is 0 Å². The van der Waals surface area contributed by atoms with Gasteiger partial charge in [0.1, 0.15) is 5.75 Å². The quantitative estimate of drug-likeness (QED) is 0.912. The van der Waals surface area contributed by atoms with Gasteiger partial charge < -0.3 is 9.84 Å². The summed E-state index contributed by atoms with van der Waals surface area (Å²) in [4.78, 5) is 10.7. The highest BCUT2D eigenvalue weighted by Gasteiger charge is 2.31. The summed E-state index contributed by atoms with van der Waals surface area (Å²) in [7, 11) is 1.70. The molecule has 1 fully saturated rings. The van der Waals surface area contributed by atoms with Crippen molar-refractivity contribution in [1.29, 1.82) is 0 Å². The number of likely N-dealkylation sites (tertiary alicyclic amines) is 1. The van der Waals surface area contributed by atoms with Crippen molar-refractivity contribution in [2.24, 2.45) is 5.92 Å². The normalized spacial score (nSPS) is 21.5. The van der Waals surface area contributed by atoms with Crippen molar-refractivity contribution in [2.45, 2.75) is 26.0 Å². The molecule has 0 bridgehead atoms. The third kappa shape index (κ3) is 3.86. The van der Waals surface area contributed by atoms with Gasteiger partial charge in [-0.25, -0.2) is 0 Å². The third-order valence-corrected chi connectivity index (χ3v) is 4.41. The fourth-order valence-corrected chi connectivity index (χ4v) is 3.20. The van der Waals surface area contributed by atoms with Crippen LogP contribution in [-0.2, 0) is 13.0 Å². The minimum Gasteiger partial charge on any atom is -0.496 e. The zero-order valence-electron chi connectivity index (χ0n) is 13.6. The maximum absolute atomic E-state index is 10.3. The largest absolute Gasteiger partial charge is 0.496 e. The second kappa shape index (κ2) is 7.06. The Kier molecular flexibility index (Phi) is 4.88. The topological polar surface area (TPSA) is 58.5 Å². The lowest BCUT2D eigenvalue weighted by Gasteiger charge is -2.18. The van der Waals surface area contributed by atoms with Crippen LogP contribution in [0.3, 0.4) is 0 Å². The monoisotopic (exact) mass is 313 g/mol. The van der Waals surface area contributed by atoms with E-state index < -0.39 is 0 Å². The number of hydrogen-bond donors (Lipinski definition) is 1. The zero-order valence-corrected chi connectivity index (χ0v) is 13.6. The van der Waals surface area contributed by atoms with Gasteiger partial charge in [-0.2, -0.15) is 0 Å². The van der Waals surface area contributed by atoms with Gasteiger partial charge in [-0.1, -0.05) is 12.1 Å². The van der Waals surface area contributed by atoms with Crippen LogP contribution in [0.25, 0.3) is 0 Å². The van der Waals surface area contributed by atoms with Crippen molar-refractivity contribution in [3.8, 4) is 5.75 Å². The first kappa shape index (κ1) is 15.9. The molecule has 1 aromatic carbocycles. The smallest absolute Gasteiger partial charge is 0.123 e. The van der Waals surface area contributed by atoms with Crippen LogP contribution in [0, 0.1) is 12.8 Å². The van der Waals surface area contributed by atoms with Gasteiger partial charge in [-0.15, -0.1) is 0 Å². The first-order valence-corrected chi connectivity index (χ1v) is 7.94. The van der Waals surface area contributed by atoms with Crippen LogP contribution < -0.4 is 4.74 Å². The van der Waals surface area contributed by atoms with Crippen LogP contribution in [0.4, 0.5) is 0 Å². The number of benzene rings is 1. The Bertz CT molecular complexity index is 648. The van der Waals surface area contributed by atoms with E-state index in [2.05, 4.69) is 40.0 Å². The van der Waals surface area contributed by atoms with Crippen LogP contribution in [0.2, 0.25) is 0 Å². The Hall–Kier alpha value is -1.98. The van der Waals surface area contributed by atoms with Gasteiger partial charge in [0.25, 0.3) is 0 Å². The molecule has 5 nitrogen and oxygen atoms in total. The Morgan fingerprint density at radius 2 is 2.17 bits per heavy atom. The molecule has 1 N–H and O–H groups in total. The summed E-state index contributed by atoms with van der Waals surface area (Å²) in [5.74, 6) is 1.11. The second-order valence-corrected chi connectivity index (χ2v) is 6.24. The molecule has 0 saturated carbocycles. The van der Waals surface area contributed by atoms with Crippen molar-refractivity contribution >= 4 is 0 Å². The number of ether oxygens (including phenoxy) is 1. The van der Waals surface area contributed by atoms with E-state index in [9.17, 15) is 5.11 Å². The number of rotatable bonds is 5. The number of hydrogen-bond acceptors (Lipinski definition) is 5. The molecule has 1 saturated heterocycles. The van der Waals surface area contributed by atoms with Crippen molar-refractivity contribution in [1.82, 2.24) is 14.9 Å². The van der Waals surface area contributed by atoms with Gasteiger partial charge in [-0.3, -0.25) is 14.9 Å². The highest BCUT2D eigenvalue weighted by molar-refractivity contribution is 5.37. The standard InChI is InChI=1S/C18H23N3O2/c1-13-3-4-14(18(7-13)23-2)10-21-11-15(17(22)12-21)8-16-9-19-5-6-20-16/h3-7,9,15,17,22H,8,10-12H2,1-2H3. The molecular formula is C18H23N3O2. The van der Waals surface area contributed by atoms with Crippen molar-refractivity contribution < 1.29 is 9.84 Å². The van der Waals surface area contributed by atoms with Crippen LogP contribution >= 0.6 is 0 Å². The van der Waals surface area contributed by atoms with Crippen molar-refractivity contribution in [2.75, 3.05) is 20.2 Å². The number of aryl methyl sites for hydroxylation is 1. The van der Waals surface area contributed by atoms with Gasteiger partial charge in [0.05, 0.1) is 18.9 Å². The maximum atomic E-state index is 10.3. The van der Waals surface area contributed by atoms with E-state index in [0.29, 0.717) is 6.54 Å². The molecule has 0 spiro atoms. The number of aromatic nitrogens is 2. The van der Waals surface area contributed by atoms with E-state index in [1.54, 1.807) is 25.7 Å². The first-order valence-electron chi connectivity index (χ1n) is 7.94. The summed E-state index contributed by atoms with van der Waals surface area (Å²) in [5.41, 5.74) is 3.28. The van der Waals surface area contributed by atoms with Crippen LogP contribution in [0.1, 0.15) is 16.8 Å². The lowest BCUT2D eigenvalue weighted by molar-refractivity contribution is 0.140. The minimum absolute atomic E-state index is 0.197. The molecule has 1 aliphatic rings. The molecule has 1 aliphatic heterocycles. The van der Waals surface area contributed by atoms with Gasteiger partial charge in [0, 0.05) is 49.7 Å². The van der Waals surface area contributed by atoms with Crippen LogP contribution in [0.5, 0.6) is 5.75 Å². The number of aliphatic hydroxyl groups is 1. The number of methoxy groups -OCH3 is 1. The molecule has 0 aliphatic carbocycles. The fourth-order valence-electron chi connectivity index (χ4n) is 3.20. The molecule has 23 heavy (non-hydrogen) atoms. The summed E-state index contributed by atoms with van der Waals surface area (Å²) in [6, 6.07) is 6.26. The number of aliphatic hydroxyl groups excluding tert-OH is 1. The van der Waals surface area contributed by atoms with Gasteiger partial charge in [-0.05, 0) is 25.0 Å². The van der Waals surface area contributed by atoms with Crippen LogP contribution in [0.15, 0.2) is 36.8 Å². The first-order chi connectivity index (χ1) is 11.2. The number of nitrogens with zero attached hydrogens (tertiary/aromatic N) is 3. The molecule has 1 aromatic heterocycles. The van der Waals surface area contributed by atoms with E-state index in [4.69, 9.17) is 4.74 Å². The van der Waals surface area contributed by atoms with Gasteiger partial charge in [0.15, 0.2) is 0 Å². The molecule has 2 aromatic rings. The van der Waals surface area contributed by atoms with Crippen molar-refractivity contribution in [3.05, 3.63) is 53.6 Å². The third-order valence-electron chi connectivity index (χ3n) is 4.41. The highest BCUT2D eigenvalue weighted by atomic mass is 16.5. The lowest BCUT2D eigenvalue weighted by Crippen LogP contribution is -2.21. The average Bonchev–Trinajstić information content (AvgIpc) is 2.89. The lowest BCUT2D eigenvalue weighted by atomic mass is 10.0. The Balaban J connectivity index is 1.65. The SMILES string of the molecule is COc1cc(C)ccc1CN1CC(O)C(Cc2cnccn2)C1. The summed E-state index contributed by atoms with van der Waals surface area (Å²) >= 11 is 0. The summed E-state index contributed by atoms with van der Waals surface area (Å²) < 4.78 is 5.48. The van der Waals surface area contributed by atoms with E-state index in [-0.39, 0.29) is 12.0 Å². The molecule has 0 radical (unpaired) electrons. The molecule has 5 heteroatoms. The summed E-state index contributed by atoms with van der Waals surface area (Å²) in [5, 5.41) is 10.3. The maximum Gasteiger partial charge on any atom is 0.123 e. The molecule has 2 unspecified atom stereocenters. The summed E-state index contributed by atoms with van der Waals surface area (Å²) in [6.45, 7) is 4.39. The molecule has 122 valence electrons. The second-order valence-electron chi connectivity index (χ2n) is 6.24. The van der Waals surface area contributed by atoms with E-state index in [1.165, 1.54) is 5.56 Å². The van der Waals surface area contributed by atoms with Gasteiger partial charge in [0.2, 0.25) is 0 Å². The van der Waals surface area contributed by atoms with E-state index in [0.717, 1.165) is 36.5 Å². The molecule has 2 atom stereocenters. The predicted molar refractivity (Wildman–Crippen MR) is 88.2 cm³/mol. The molecule has 0 amide bonds. The predicted octanol–water partition coefficient (Wildman–Crippen LogP) is 1.83. The Morgan fingerprint density at radius 1 is 1.30 bits per heavy atom. The molecule has 2 heterocycles. The molecule has 3 rings (SSSR count). The Morgan fingerprint density at radius 3 is 2.91 bits per heavy atom. The van der Waals surface area contributed by atoms with Crippen LogP contribution in [-0.4, -0.2) is 46.3 Å². The average molecular weight is 313 g/mol. The fraction of sp³-hybridized carbons (Fsp3) is 0.444. The summed E-state index contributed by atoms with van der Waals surface area (Å²) in [6.07, 6.45) is 5.58. The highest BCUT2D eigenvalue weighted by Crippen LogP contribution is 2.26.